The Labute approximate surface area is 74.3 Å². The Kier molecular flexibility index (Phi) is 2.47. The van der Waals surface area contributed by atoms with E-state index < -0.39 is 11.6 Å². The molecule has 0 heterocycles. The minimum absolute atomic E-state index is 0.0389. The second kappa shape index (κ2) is 3.55. The summed E-state index contributed by atoms with van der Waals surface area (Å²) in [5, 5.41) is 26.1. The quantitative estimate of drug-likeness (QED) is 0.704. The van der Waals surface area contributed by atoms with Crippen LogP contribution in [0.4, 0.5) is 4.39 Å². The highest BCUT2D eigenvalue weighted by molar-refractivity contribution is 5.49. The van der Waals surface area contributed by atoms with Gasteiger partial charge in [0.15, 0.2) is 0 Å². The van der Waals surface area contributed by atoms with Crippen molar-refractivity contribution in [3.8, 4) is 17.9 Å². The Morgan fingerprint density at radius 2 is 2.08 bits per heavy atom. The van der Waals surface area contributed by atoms with E-state index in [1.54, 1.807) is 12.1 Å². The number of benzene rings is 1. The van der Waals surface area contributed by atoms with Crippen molar-refractivity contribution in [2.45, 2.75) is 6.42 Å². The van der Waals surface area contributed by atoms with Crippen molar-refractivity contribution in [3.05, 3.63) is 29.1 Å². The van der Waals surface area contributed by atoms with Crippen molar-refractivity contribution < 1.29 is 9.50 Å². The van der Waals surface area contributed by atoms with Crippen molar-refractivity contribution in [1.29, 1.82) is 10.5 Å². The van der Waals surface area contributed by atoms with Crippen LogP contribution < -0.4 is 0 Å². The molecule has 1 N–H and O–H groups in total. The Bertz CT molecular complexity index is 415. The molecule has 0 aliphatic carbocycles. The highest BCUT2D eigenvalue weighted by Gasteiger charge is 2.09. The zero-order valence-corrected chi connectivity index (χ0v) is 6.58. The van der Waals surface area contributed by atoms with Crippen LogP contribution in [-0.4, -0.2) is 5.11 Å². The minimum Gasteiger partial charge on any atom is -0.506 e. The lowest BCUT2D eigenvalue weighted by Crippen LogP contribution is -1.91. The number of rotatable bonds is 1. The summed E-state index contributed by atoms with van der Waals surface area (Å²) >= 11 is 0. The van der Waals surface area contributed by atoms with Gasteiger partial charge < -0.3 is 5.11 Å². The van der Waals surface area contributed by atoms with Crippen LogP contribution in [0.5, 0.6) is 5.75 Å². The fourth-order valence-electron chi connectivity index (χ4n) is 1.00. The van der Waals surface area contributed by atoms with Crippen LogP contribution in [0.15, 0.2) is 12.1 Å². The number of phenolic OH excluding ortho intramolecular Hbond substituents is 1. The van der Waals surface area contributed by atoms with Gasteiger partial charge in [-0.2, -0.15) is 10.5 Å². The van der Waals surface area contributed by atoms with Gasteiger partial charge in [0.05, 0.1) is 18.1 Å². The van der Waals surface area contributed by atoms with Crippen LogP contribution in [0.25, 0.3) is 0 Å². The van der Waals surface area contributed by atoms with E-state index in [0.29, 0.717) is 0 Å². The third-order valence-corrected chi connectivity index (χ3v) is 1.55. The molecule has 0 saturated carbocycles. The molecule has 0 spiro atoms. The van der Waals surface area contributed by atoms with E-state index in [9.17, 15) is 4.39 Å². The van der Waals surface area contributed by atoms with E-state index in [4.69, 9.17) is 15.6 Å². The summed E-state index contributed by atoms with van der Waals surface area (Å²) in [6.45, 7) is 0. The van der Waals surface area contributed by atoms with Crippen molar-refractivity contribution in [2.75, 3.05) is 0 Å². The lowest BCUT2D eigenvalue weighted by Gasteiger charge is -2.01. The molecule has 0 fully saturated rings. The molecule has 0 saturated heterocycles. The number of phenols is 1. The van der Waals surface area contributed by atoms with E-state index in [0.717, 1.165) is 12.1 Å². The van der Waals surface area contributed by atoms with Crippen molar-refractivity contribution in [2.24, 2.45) is 0 Å². The predicted molar refractivity (Wildman–Crippen MR) is 42.1 cm³/mol. The second-order valence-corrected chi connectivity index (χ2v) is 2.41. The third-order valence-electron chi connectivity index (χ3n) is 1.55. The monoisotopic (exact) mass is 176 g/mol. The fourth-order valence-corrected chi connectivity index (χ4v) is 1.00. The van der Waals surface area contributed by atoms with Crippen LogP contribution >= 0.6 is 0 Å². The highest BCUT2D eigenvalue weighted by atomic mass is 19.1. The van der Waals surface area contributed by atoms with Crippen LogP contribution in [0.3, 0.4) is 0 Å². The standard InChI is InChI=1S/C9H5FN2O/c10-7-3-6(1-2-11)8(5-12)9(13)4-7/h3-4,13H,1H2. The molecule has 4 heteroatoms. The molecule has 0 amide bonds. The van der Waals surface area contributed by atoms with E-state index >= 15 is 0 Å². The average molecular weight is 176 g/mol. The second-order valence-electron chi connectivity index (χ2n) is 2.41. The molecule has 0 aliphatic heterocycles. The van der Waals surface area contributed by atoms with Gasteiger partial charge in [0.25, 0.3) is 0 Å². The van der Waals surface area contributed by atoms with Gasteiger partial charge in [0.2, 0.25) is 0 Å². The highest BCUT2D eigenvalue weighted by Crippen LogP contribution is 2.22. The van der Waals surface area contributed by atoms with Gasteiger partial charge in [-0.05, 0) is 11.6 Å². The summed E-state index contributed by atoms with van der Waals surface area (Å²) in [6, 6.07) is 5.41. The SMILES string of the molecule is N#CCc1cc(F)cc(O)c1C#N. The van der Waals surface area contributed by atoms with Gasteiger partial charge in [0.1, 0.15) is 17.6 Å². The Morgan fingerprint density at radius 3 is 2.62 bits per heavy atom. The van der Waals surface area contributed by atoms with Gasteiger partial charge in [-0.1, -0.05) is 0 Å². The summed E-state index contributed by atoms with van der Waals surface area (Å²) in [7, 11) is 0. The van der Waals surface area contributed by atoms with Crippen molar-refractivity contribution >= 4 is 0 Å². The molecule has 0 radical (unpaired) electrons. The molecule has 0 aromatic heterocycles. The molecule has 1 rings (SSSR count). The summed E-state index contributed by atoms with van der Waals surface area (Å²) in [5.74, 6) is -1.07. The maximum Gasteiger partial charge on any atom is 0.136 e. The Balaban J connectivity index is 3.33. The molecule has 1 aromatic carbocycles. The fraction of sp³-hybridized carbons (Fsp3) is 0.111. The summed E-state index contributed by atoms with van der Waals surface area (Å²) in [4.78, 5) is 0. The molecule has 0 aliphatic rings. The number of halogens is 1. The van der Waals surface area contributed by atoms with E-state index in [1.807, 2.05) is 0 Å². The Morgan fingerprint density at radius 1 is 1.38 bits per heavy atom. The van der Waals surface area contributed by atoms with Crippen LogP contribution in [0.2, 0.25) is 0 Å². The van der Waals surface area contributed by atoms with Gasteiger partial charge in [-0.3, -0.25) is 0 Å². The molecule has 0 bridgehead atoms. The Hall–Kier alpha value is -2.07. The zero-order valence-electron chi connectivity index (χ0n) is 6.58. The molecular formula is C9H5FN2O. The lowest BCUT2D eigenvalue weighted by molar-refractivity contribution is 0.466. The lowest BCUT2D eigenvalue weighted by atomic mass is 10.0. The molecule has 13 heavy (non-hydrogen) atoms. The van der Waals surface area contributed by atoms with Crippen LogP contribution in [-0.2, 0) is 6.42 Å². The molecule has 0 unspecified atom stereocenters. The predicted octanol–water partition coefficient (Wildman–Crippen LogP) is 1.47. The zero-order chi connectivity index (χ0) is 9.84. The molecule has 0 atom stereocenters. The van der Waals surface area contributed by atoms with Gasteiger partial charge in [0, 0.05) is 6.07 Å². The topological polar surface area (TPSA) is 67.8 Å². The first-order valence-electron chi connectivity index (χ1n) is 3.47. The van der Waals surface area contributed by atoms with Crippen molar-refractivity contribution in [1.82, 2.24) is 0 Å². The maximum atomic E-state index is 12.7. The maximum absolute atomic E-state index is 12.7. The molecule has 3 nitrogen and oxygen atoms in total. The molecule has 64 valence electrons. The minimum atomic E-state index is -0.651. The van der Waals surface area contributed by atoms with E-state index in [2.05, 4.69) is 0 Å². The first-order valence-corrected chi connectivity index (χ1v) is 3.47. The number of nitriles is 2. The van der Waals surface area contributed by atoms with Gasteiger partial charge in [-0.15, -0.1) is 0 Å². The molecular weight excluding hydrogens is 171 g/mol. The summed E-state index contributed by atoms with van der Waals surface area (Å²) in [5.41, 5.74) is 0.172. The summed E-state index contributed by atoms with van der Waals surface area (Å²) < 4.78 is 12.7. The summed E-state index contributed by atoms with van der Waals surface area (Å²) in [6.07, 6.45) is -0.0891. The number of aromatic hydroxyl groups is 1. The number of hydrogen-bond donors (Lipinski definition) is 1. The first kappa shape index (κ1) is 9.02. The first-order chi connectivity index (χ1) is 6.19. The van der Waals surface area contributed by atoms with Crippen LogP contribution in [0.1, 0.15) is 11.1 Å². The van der Waals surface area contributed by atoms with E-state index in [-0.39, 0.29) is 17.5 Å². The van der Waals surface area contributed by atoms with Crippen LogP contribution in [0, 0.1) is 28.5 Å². The normalized spacial score (nSPS) is 8.85. The van der Waals surface area contributed by atoms with Crippen molar-refractivity contribution in [3.63, 3.8) is 0 Å². The largest absolute Gasteiger partial charge is 0.506 e. The van der Waals surface area contributed by atoms with Gasteiger partial charge in [-0.25, -0.2) is 4.39 Å². The molecule has 1 aromatic rings. The number of hydrogen-bond acceptors (Lipinski definition) is 3. The number of nitrogens with zero attached hydrogens (tertiary/aromatic N) is 2. The smallest absolute Gasteiger partial charge is 0.136 e. The average Bonchev–Trinajstić information content (AvgIpc) is 2.04. The van der Waals surface area contributed by atoms with E-state index in [1.165, 1.54) is 0 Å². The van der Waals surface area contributed by atoms with Gasteiger partial charge >= 0.3 is 0 Å². The third kappa shape index (κ3) is 1.74.